The summed E-state index contributed by atoms with van der Waals surface area (Å²) in [6.07, 6.45) is 0. The first kappa shape index (κ1) is 10.5. The molecule has 1 aromatic rings. The number of nitrogens with two attached hydrogens (primary N) is 1. The molecule has 0 radical (unpaired) electrons. The van der Waals surface area contributed by atoms with Crippen LogP contribution in [0.1, 0.15) is 11.1 Å². The molecule has 0 spiro atoms. The second-order valence-corrected chi connectivity index (χ2v) is 3.35. The predicted molar refractivity (Wildman–Crippen MR) is 57.0 cm³/mol. The second kappa shape index (κ2) is 4.11. The van der Waals surface area contributed by atoms with E-state index >= 15 is 0 Å². The van der Waals surface area contributed by atoms with Gasteiger partial charge in [-0.05, 0) is 37.1 Å². The van der Waals surface area contributed by atoms with Gasteiger partial charge in [0.05, 0.1) is 0 Å². The summed E-state index contributed by atoms with van der Waals surface area (Å²) in [4.78, 5) is 12.7. The number of rotatable bonds is 1. The highest BCUT2D eigenvalue weighted by Gasteiger charge is 2.08. The van der Waals surface area contributed by atoms with Crippen LogP contribution in [-0.4, -0.2) is 13.1 Å². The summed E-state index contributed by atoms with van der Waals surface area (Å²) < 4.78 is 0. The number of carbonyl (C=O) groups is 1. The van der Waals surface area contributed by atoms with E-state index in [1.54, 1.807) is 7.05 Å². The molecule has 0 saturated heterocycles. The molecule has 0 bridgehead atoms. The molecule has 0 aliphatic carbocycles. The normalized spacial score (nSPS) is 9.71. The number of hydrogen-bond acceptors (Lipinski definition) is 2. The Morgan fingerprint density at radius 1 is 1.29 bits per heavy atom. The predicted octanol–water partition coefficient (Wildman–Crippen LogP) is 1.32. The van der Waals surface area contributed by atoms with Crippen molar-refractivity contribution in [3.63, 3.8) is 0 Å². The fraction of sp³-hybridized carbons (Fsp3) is 0.300. The van der Waals surface area contributed by atoms with Crippen LogP contribution < -0.4 is 16.2 Å². The molecule has 4 nitrogen and oxygen atoms in total. The van der Waals surface area contributed by atoms with Crippen molar-refractivity contribution < 1.29 is 4.79 Å². The SMILES string of the molecule is Cc1cc(C)cc(N(C)C(=O)NN)c1. The quantitative estimate of drug-likeness (QED) is 0.401. The van der Waals surface area contributed by atoms with E-state index in [4.69, 9.17) is 5.84 Å². The maximum atomic E-state index is 11.2. The van der Waals surface area contributed by atoms with Crippen molar-refractivity contribution in [3.05, 3.63) is 29.3 Å². The lowest BCUT2D eigenvalue weighted by molar-refractivity contribution is 0.247. The lowest BCUT2D eigenvalue weighted by Gasteiger charge is -2.17. The summed E-state index contributed by atoms with van der Waals surface area (Å²) in [6, 6.07) is 5.59. The van der Waals surface area contributed by atoms with Gasteiger partial charge in [-0.1, -0.05) is 6.07 Å². The topological polar surface area (TPSA) is 58.4 Å². The summed E-state index contributed by atoms with van der Waals surface area (Å²) in [7, 11) is 1.68. The molecule has 4 heteroatoms. The van der Waals surface area contributed by atoms with E-state index in [1.807, 2.05) is 26.0 Å². The molecule has 0 atom stereocenters. The number of benzene rings is 1. The Morgan fingerprint density at radius 3 is 2.21 bits per heavy atom. The van der Waals surface area contributed by atoms with Crippen LogP contribution in [0.4, 0.5) is 10.5 Å². The monoisotopic (exact) mass is 193 g/mol. The Labute approximate surface area is 83.7 Å². The Bertz CT molecular complexity index is 329. The van der Waals surface area contributed by atoms with Crippen LogP contribution in [0, 0.1) is 13.8 Å². The molecule has 1 aromatic carbocycles. The number of hydrogen-bond donors (Lipinski definition) is 2. The Kier molecular flexibility index (Phi) is 3.09. The highest BCUT2D eigenvalue weighted by Crippen LogP contribution is 2.17. The van der Waals surface area contributed by atoms with E-state index in [0.29, 0.717) is 0 Å². The Balaban J connectivity index is 3.00. The average molecular weight is 193 g/mol. The van der Waals surface area contributed by atoms with Crippen LogP contribution >= 0.6 is 0 Å². The van der Waals surface area contributed by atoms with Gasteiger partial charge < -0.3 is 0 Å². The zero-order valence-electron chi connectivity index (χ0n) is 8.66. The van der Waals surface area contributed by atoms with Gasteiger partial charge in [0.2, 0.25) is 0 Å². The van der Waals surface area contributed by atoms with Crippen molar-refractivity contribution in [2.24, 2.45) is 5.84 Å². The van der Waals surface area contributed by atoms with Crippen molar-refractivity contribution in [3.8, 4) is 0 Å². The molecule has 0 aliphatic rings. The third-order valence-corrected chi connectivity index (χ3v) is 2.02. The molecule has 14 heavy (non-hydrogen) atoms. The number of hydrazine groups is 1. The van der Waals surface area contributed by atoms with Crippen LogP contribution in [0.5, 0.6) is 0 Å². The van der Waals surface area contributed by atoms with Crippen LogP contribution in [0.3, 0.4) is 0 Å². The van der Waals surface area contributed by atoms with Gasteiger partial charge in [0, 0.05) is 12.7 Å². The summed E-state index contributed by atoms with van der Waals surface area (Å²) in [5, 5.41) is 0. The molecule has 2 amide bonds. The summed E-state index contributed by atoms with van der Waals surface area (Å²) in [5.41, 5.74) is 5.17. The van der Waals surface area contributed by atoms with Gasteiger partial charge in [-0.25, -0.2) is 10.6 Å². The number of aryl methyl sites for hydroxylation is 2. The fourth-order valence-electron chi connectivity index (χ4n) is 1.36. The molecule has 0 aliphatic heterocycles. The van der Waals surface area contributed by atoms with Gasteiger partial charge in [-0.15, -0.1) is 0 Å². The Hall–Kier alpha value is -1.55. The third-order valence-electron chi connectivity index (χ3n) is 2.02. The minimum atomic E-state index is -0.324. The number of amides is 2. The minimum absolute atomic E-state index is 0.324. The molecule has 0 heterocycles. The molecule has 0 saturated carbocycles. The summed E-state index contributed by atoms with van der Waals surface area (Å²) >= 11 is 0. The molecule has 3 N–H and O–H groups in total. The van der Waals surface area contributed by atoms with Gasteiger partial charge in [0.25, 0.3) is 0 Å². The number of carbonyl (C=O) groups excluding carboxylic acids is 1. The maximum Gasteiger partial charge on any atom is 0.335 e. The molecular formula is C10H15N3O. The largest absolute Gasteiger partial charge is 0.335 e. The molecule has 1 rings (SSSR count). The second-order valence-electron chi connectivity index (χ2n) is 3.35. The highest BCUT2D eigenvalue weighted by atomic mass is 16.2. The molecular weight excluding hydrogens is 178 g/mol. The molecule has 0 aromatic heterocycles. The lowest BCUT2D eigenvalue weighted by atomic mass is 10.1. The van der Waals surface area contributed by atoms with Gasteiger partial charge in [-0.2, -0.15) is 0 Å². The van der Waals surface area contributed by atoms with Gasteiger partial charge in [0.1, 0.15) is 0 Å². The zero-order chi connectivity index (χ0) is 10.7. The highest BCUT2D eigenvalue weighted by molar-refractivity contribution is 5.91. The van der Waals surface area contributed by atoms with E-state index in [2.05, 4.69) is 11.5 Å². The Morgan fingerprint density at radius 2 is 1.79 bits per heavy atom. The number of nitrogens with zero attached hydrogens (tertiary/aromatic N) is 1. The van der Waals surface area contributed by atoms with Gasteiger partial charge >= 0.3 is 6.03 Å². The van der Waals surface area contributed by atoms with Gasteiger partial charge in [0.15, 0.2) is 0 Å². The molecule has 0 unspecified atom stereocenters. The fourth-order valence-corrected chi connectivity index (χ4v) is 1.36. The van der Waals surface area contributed by atoms with Gasteiger partial charge in [-0.3, -0.25) is 10.3 Å². The van der Waals surface area contributed by atoms with E-state index < -0.39 is 0 Å². The molecule has 0 fully saturated rings. The van der Waals surface area contributed by atoms with E-state index in [1.165, 1.54) is 4.90 Å². The zero-order valence-corrected chi connectivity index (χ0v) is 8.66. The average Bonchev–Trinajstić information content (AvgIpc) is 2.14. The van der Waals surface area contributed by atoms with Crippen molar-refractivity contribution in [2.75, 3.05) is 11.9 Å². The minimum Gasteiger partial charge on any atom is -0.296 e. The van der Waals surface area contributed by atoms with Crippen molar-refractivity contribution in [2.45, 2.75) is 13.8 Å². The van der Waals surface area contributed by atoms with Crippen LogP contribution in [0.15, 0.2) is 18.2 Å². The van der Waals surface area contributed by atoms with Crippen LogP contribution in [0.25, 0.3) is 0 Å². The number of anilines is 1. The van der Waals surface area contributed by atoms with Crippen LogP contribution in [-0.2, 0) is 0 Å². The standard InChI is InChI=1S/C10H15N3O/c1-7-4-8(2)6-9(5-7)13(3)10(14)12-11/h4-6H,11H2,1-3H3,(H,12,14). The first-order valence-corrected chi connectivity index (χ1v) is 4.37. The smallest absolute Gasteiger partial charge is 0.296 e. The first-order chi connectivity index (χ1) is 6.54. The summed E-state index contributed by atoms with van der Waals surface area (Å²) in [6.45, 7) is 3.98. The third kappa shape index (κ3) is 2.23. The van der Waals surface area contributed by atoms with Crippen molar-refractivity contribution >= 4 is 11.7 Å². The first-order valence-electron chi connectivity index (χ1n) is 4.37. The van der Waals surface area contributed by atoms with Crippen LogP contribution in [0.2, 0.25) is 0 Å². The van der Waals surface area contributed by atoms with Crippen molar-refractivity contribution in [1.82, 2.24) is 5.43 Å². The number of nitrogens with one attached hydrogen (secondary N) is 1. The number of urea groups is 1. The molecule has 76 valence electrons. The van der Waals surface area contributed by atoms with E-state index in [0.717, 1.165) is 16.8 Å². The lowest BCUT2D eigenvalue weighted by Crippen LogP contribution is -2.41. The maximum absolute atomic E-state index is 11.2. The van der Waals surface area contributed by atoms with E-state index in [9.17, 15) is 4.79 Å². The van der Waals surface area contributed by atoms with E-state index in [-0.39, 0.29) is 6.03 Å². The summed E-state index contributed by atoms with van der Waals surface area (Å²) in [5.74, 6) is 5.05. The van der Waals surface area contributed by atoms with Crippen molar-refractivity contribution in [1.29, 1.82) is 0 Å².